The maximum absolute atomic E-state index is 12.4. The number of thiophene rings is 1. The van der Waals surface area contributed by atoms with Gasteiger partial charge in [0.25, 0.3) is 5.91 Å². The Morgan fingerprint density at radius 1 is 1.00 bits per heavy atom. The molecule has 0 unspecified atom stereocenters. The van der Waals surface area contributed by atoms with Gasteiger partial charge < -0.3 is 4.90 Å². The summed E-state index contributed by atoms with van der Waals surface area (Å²) in [6.45, 7) is 1.79. The average molecular weight is 306 g/mol. The molecule has 1 aromatic heterocycles. The second-order valence-corrected chi connectivity index (χ2v) is 6.54. The molecule has 0 atom stereocenters. The summed E-state index contributed by atoms with van der Waals surface area (Å²) < 4.78 is 0. The van der Waals surface area contributed by atoms with E-state index in [9.17, 15) is 4.79 Å². The van der Waals surface area contributed by atoms with Crippen molar-refractivity contribution in [2.75, 3.05) is 13.1 Å². The summed E-state index contributed by atoms with van der Waals surface area (Å²) in [5.41, 5.74) is 1.11. The molecule has 1 amide bonds. The Morgan fingerprint density at radius 2 is 1.70 bits per heavy atom. The highest BCUT2D eigenvalue weighted by atomic mass is 35.5. The van der Waals surface area contributed by atoms with E-state index < -0.39 is 0 Å². The van der Waals surface area contributed by atoms with E-state index in [1.165, 1.54) is 6.42 Å². The van der Waals surface area contributed by atoms with Gasteiger partial charge in [-0.3, -0.25) is 4.79 Å². The van der Waals surface area contributed by atoms with Gasteiger partial charge in [-0.1, -0.05) is 23.7 Å². The van der Waals surface area contributed by atoms with Gasteiger partial charge in [-0.15, -0.1) is 11.3 Å². The standard InChI is InChI=1S/C16H16ClNOS/c17-13-6-4-12(5-7-13)14-8-9-15(20-14)16(19)18-10-2-1-3-11-18/h4-9H,1-3,10-11H2. The molecule has 1 aromatic carbocycles. The van der Waals surface area contributed by atoms with Gasteiger partial charge in [-0.25, -0.2) is 0 Å². The fourth-order valence-electron chi connectivity index (χ4n) is 2.47. The lowest BCUT2D eigenvalue weighted by Crippen LogP contribution is -2.35. The fraction of sp³-hybridized carbons (Fsp3) is 0.312. The van der Waals surface area contributed by atoms with Crippen LogP contribution in [0.5, 0.6) is 0 Å². The fourth-order valence-corrected chi connectivity index (χ4v) is 3.58. The van der Waals surface area contributed by atoms with Crippen molar-refractivity contribution < 1.29 is 4.79 Å². The van der Waals surface area contributed by atoms with Crippen molar-refractivity contribution in [2.24, 2.45) is 0 Å². The van der Waals surface area contributed by atoms with Crippen molar-refractivity contribution in [3.05, 3.63) is 46.3 Å². The van der Waals surface area contributed by atoms with E-state index in [4.69, 9.17) is 11.6 Å². The minimum atomic E-state index is 0.176. The van der Waals surface area contributed by atoms with Crippen molar-refractivity contribution in [2.45, 2.75) is 19.3 Å². The number of rotatable bonds is 2. The lowest BCUT2D eigenvalue weighted by molar-refractivity contribution is 0.0729. The van der Waals surface area contributed by atoms with Crippen LogP contribution < -0.4 is 0 Å². The molecule has 2 nitrogen and oxygen atoms in total. The molecule has 0 aliphatic carbocycles. The highest BCUT2D eigenvalue weighted by Crippen LogP contribution is 2.30. The molecule has 2 heterocycles. The quantitative estimate of drug-likeness (QED) is 0.788. The Morgan fingerprint density at radius 3 is 2.40 bits per heavy atom. The van der Waals surface area contributed by atoms with Crippen molar-refractivity contribution in [3.8, 4) is 10.4 Å². The first-order valence-corrected chi connectivity index (χ1v) is 8.08. The second-order valence-electron chi connectivity index (χ2n) is 5.02. The Hall–Kier alpha value is -1.32. The number of halogens is 1. The molecule has 20 heavy (non-hydrogen) atoms. The number of carbonyl (C=O) groups is 1. The van der Waals surface area contributed by atoms with Crippen LogP contribution in [0, 0.1) is 0 Å². The van der Waals surface area contributed by atoms with Crippen molar-refractivity contribution in [1.29, 1.82) is 0 Å². The lowest BCUT2D eigenvalue weighted by atomic mass is 10.1. The van der Waals surface area contributed by atoms with Gasteiger partial charge in [0.15, 0.2) is 0 Å². The van der Waals surface area contributed by atoms with Gasteiger partial charge in [0.05, 0.1) is 4.88 Å². The van der Waals surface area contributed by atoms with E-state index in [0.717, 1.165) is 46.3 Å². The maximum Gasteiger partial charge on any atom is 0.263 e. The summed E-state index contributed by atoms with van der Waals surface area (Å²) in [4.78, 5) is 16.3. The van der Waals surface area contributed by atoms with Crippen LogP contribution in [0.3, 0.4) is 0 Å². The van der Waals surface area contributed by atoms with Crippen LogP contribution in [0.1, 0.15) is 28.9 Å². The van der Waals surface area contributed by atoms with Gasteiger partial charge >= 0.3 is 0 Å². The molecular formula is C16H16ClNOS. The van der Waals surface area contributed by atoms with Crippen LogP contribution in [-0.2, 0) is 0 Å². The predicted octanol–water partition coefficient (Wildman–Crippen LogP) is 4.69. The summed E-state index contributed by atoms with van der Waals surface area (Å²) in [7, 11) is 0. The van der Waals surface area contributed by atoms with E-state index in [-0.39, 0.29) is 5.91 Å². The molecule has 1 aliphatic rings. The largest absolute Gasteiger partial charge is 0.338 e. The van der Waals surface area contributed by atoms with Gasteiger partial charge in [-0.2, -0.15) is 0 Å². The number of benzene rings is 1. The second kappa shape index (κ2) is 5.98. The summed E-state index contributed by atoms with van der Waals surface area (Å²) in [5, 5.41) is 0.731. The minimum absolute atomic E-state index is 0.176. The normalized spacial score (nSPS) is 15.3. The van der Waals surface area contributed by atoms with E-state index in [1.807, 2.05) is 41.3 Å². The molecule has 4 heteroatoms. The number of likely N-dealkylation sites (tertiary alicyclic amines) is 1. The lowest BCUT2D eigenvalue weighted by Gasteiger charge is -2.26. The van der Waals surface area contributed by atoms with Crippen LogP contribution in [0.25, 0.3) is 10.4 Å². The van der Waals surface area contributed by atoms with Crippen LogP contribution in [0.15, 0.2) is 36.4 Å². The van der Waals surface area contributed by atoms with Crippen molar-refractivity contribution in [1.82, 2.24) is 4.90 Å². The maximum atomic E-state index is 12.4. The van der Waals surface area contributed by atoms with Crippen LogP contribution in [0.2, 0.25) is 5.02 Å². The Balaban J connectivity index is 1.79. The van der Waals surface area contributed by atoms with E-state index >= 15 is 0 Å². The number of hydrogen-bond donors (Lipinski definition) is 0. The molecule has 0 radical (unpaired) electrons. The number of piperidine rings is 1. The van der Waals surface area contributed by atoms with E-state index in [1.54, 1.807) is 11.3 Å². The summed E-state index contributed by atoms with van der Waals surface area (Å²) in [5.74, 6) is 0.176. The van der Waals surface area contributed by atoms with Gasteiger partial charge in [-0.05, 0) is 49.1 Å². The molecule has 1 saturated heterocycles. The molecule has 0 spiro atoms. The molecule has 0 N–H and O–H groups in total. The third-order valence-electron chi connectivity index (χ3n) is 3.59. The van der Waals surface area contributed by atoms with E-state index in [2.05, 4.69) is 0 Å². The third-order valence-corrected chi connectivity index (χ3v) is 4.96. The van der Waals surface area contributed by atoms with Crippen LogP contribution in [-0.4, -0.2) is 23.9 Å². The topological polar surface area (TPSA) is 20.3 Å². The van der Waals surface area contributed by atoms with Crippen molar-refractivity contribution in [3.63, 3.8) is 0 Å². The zero-order chi connectivity index (χ0) is 13.9. The Kier molecular flexibility index (Phi) is 4.08. The molecule has 104 valence electrons. The van der Waals surface area contributed by atoms with E-state index in [0.29, 0.717) is 0 Å². The zero-order valence-corrected chi connectivity index (χ0v) is 12.7. The van der Waals surface area contributed by atoms with Crippen LogP contribution >= 0.6 is 22.9 Å². The van der Waals surface area contributed by atoms with Crippen LogP contribution in [0.4, 0.5) is 0 Å². The SMILES string of the molecule is O=C(c1ccc(-c2ccc(Cl)cc2)s1)N1CCCCC1. The van der Waals surface area contributed by atoms with Gasteiger partial charge in [0, 0.05) is 23.0 Å². The Bertz CT molecular complexity index is 599. The summed E-state index contributed by atoms with van der Waals surface area (Å²) in [6.07, 6.45) is 3.49. The first-order chi connectivity index (χ1) is 9.74. The number of hydrogen-bond acceptors (Lipinski definition) is 2. The summed E-state index contributed by atoms with van der Waals surface area (Å²) >= 11 is 7.46. The zero-order valence-electron chi connectivity index (χ0n) is 11.1. The number of carbonyl (C=O) groups excluding carboxylic acids is 1. The molecule has 2 aromatic rings. The first kappa shape index (κ1) is 13.7. The monoisotopic (exact) mass is 305 g/mol. The smallest absolute Gasteiger partial charge is 0.263 e. The average Bonchev–Trinajstić information content (AvgIpc) is 2.98. The number of amides is 1. The molecule has 1 fully saturated rings. The number of nitrogens with zero attached hydrogens (tertiary/aromatic N) is 1. The predicted molar refractivity (Wildman–Crippen MR) is 84.5 cm³/mol. The molecule has 0 saturated carbocycles. The molecular weight excluding hydrogens is 290 g/mol. The van der Waals surface area contributed by atoms with Gasteiger partial charge in [0.2, 0.25) is 0 Å². The highest BCUT2D eigenvalue weighted by Gasteiger charge is 2.19. The minimum Gasteiger partial charge on any atom is -0.338 e. The molecule has 3 rings (SSSR count). The van der Waals surface area contributed by atoms with Gasteiger partial charge in [0.1, 0.15) is 0 Å². The third kappa shape index (κ3) is 2.89. The molecule has 0 bridgehead atoms. The highest BCUT2D eigenvalue weighted by molar-refractivity contribution is 7.17. The van der Waals surface area contributed by atoms with Crippen molar-refractivity contribution >= 4 is 28.8 Å². The molecule has 1 aliphatic heterocycles. The first-order valence-electron chi connectivity index (χ1n) is 6.89. The summed E-state index contributed by atoms with van der Waals surface area (Å²) in [6, 6.07) is 11.7. The Labute approximate surface area is 128 Å².